The number of hydrogen-bond acceptors (Lipinski definition) is 3. The first-order chi connectivity index (χ1) is 12.2. The quantitative estimate of drug-likeness (QED) is 0.424. The third kappa shape index (κ3) is 3.06. The average molecular weight is 326 g/mol. The van der Waals surface area contributed by atoms with Gasteiger partial charge in [-0.05, 0) is 49.2 Å². The molecule has 4 nitrogen and oxygen atoms in total. The normalized spacial score (nSPS) is 11.4. The van der Waals surface area contributed by atoms with Crippen LogP contribution in [0, 0.1) is 13.8 Å². The summed E-state index contributed by atoms with van der Waals surface area (Å²) in [7, 11) is 0. The second kappa shape index (κ2) is 6.32. The molecule has 0 saturated heterocycles. The first-order valence-corrected chi connectivity index (χ1v) is 8.23. The highest BCUT2D eigenvalue weighted by Gasteiger charge is 2.13. The van der Waals surface area contributed by atoms with E-state index < -0.39 is 0 Å². The molecule has 0 amide bonds. The van der Waals surface area contributed by atoms with Gasteiger partial charge < -0.3 is 0 Å². The van der Waals surface area contributed by atoms with Crippen molar-refractivity contribution in [2.45, 2.75) is 13.8 Å². The van der Waals surface area contributed by atoms with Crippen LogP contribution in [0.4, 0.5) is 11.5 Å². The second-order valence-corrected chi connectivity index (χ2v) is 6.12. The van der Waals surface area contributed by atoms with Gasteiger partial charge in [0.2, 0.25) is 0 Å². The summed E-state index contributed by atoms with van der Waals surface area (Å²) in [4.78, 5) is 4.74. The largest absolute Gasteiger partial charge is 0.283 e. The molecule has 0 N–H and O–H groups in total. The second-order valence-electron chi connectivity index (χ2n) is 6.12. The maximum Gasteiger partial charge on any atom is 0.187 e. The van der Waals surface area contributed by atoms with Crippen LogP contribution in [0.5, 0.6) is 0 Å². The van der Waals surface area contributed by atoms with Gasteiger partial charge in [0.1, 0.15) is 11.3 Å². The van der Waals surface area contributed by atoms with Gasteiger partial charge in [0.05, 0.1) is 5.69 Å². The Bertz CT molecular complexity index is 1040. The molecule has 0 aliphatic heterocycles. The van der Waals surface area contributed by atoms with E-state index in [-0.39, 0.29) is 0 Å². The molecule has 0 aliphatic rings. The summed E-state index contributed by atoms with van der Waals surface area (Å²) in [6, 6.07) is 22.2. The number of hydrogen-bond donors (Lipinski definition) is 0. The standard InChI is InChI=1S/C21H18N4/c1-15-12-16(2)14-18(13-15)23-24-21-20(17-8-4-3-5-9-17)22-19-10-6-7-11-25(19)21/h3-14H,1-2H3. The molecule has 2 aromatic heterocycles. The lowest BCUT2D eigenvalue weighted by Gasteiger charge is -2.01. The van der Waals surface area contributed by atoms with Crippen LogP contribution in [-0.2, 0) is 0 Å². The molecule has 2 heterocycles. The van der Waals surface area contributed by atoms with E-state index in [9.17, 15) is 0 Å². The van der Waals surface area contributed by atoms with Crippen molar-refractivity contribution in [3.63, 3.8) is 0 Å². The van der Waals surface area contributed by atoms with Gasteiger partial charge >= 0.3 is 0 Å². The number of rotatable bonds is 3. The topological polar surface area (TPSA) is 42.0 Å². The van der Waals surface area contributed by atoms with E-state index >= 15 is 0 Å². The number of fused-ring (bicyclic) bond motifs is 1. The molecule has 25 heavy (non-hydrogen) atoms. The van der Waals surface area contributed by atoms with E-state index in [1.807, 2.05) is 71.3 Å². The van der Waals surface area contributed by atoms with E-state index in [2.05, 4.69) is 30.1 Å². The summed E-state index contributed by atoms with van der Waals surface area (Å²) in [5, 5.41) is 9.02. The SMILES string of the molecule is Cc1cc(C)cc(N=Nc2c(-c3ccccc3)nc3ccccn23)c1. The van der Waals surface area contributed by atoms with E-state index in [1.54, 1.807) is 0 Å². The maximum absolute atomic E-state index is 4.74. The van der Waals surface area contributed by atoms with Gasteiger partial charge in [-0.15, -0.1) is 10.2 Å². The minimum absolute atomic E-state index is 0.737. The van der Waals surface area contributed by atoms with E-state index in [1.165, 1.54) is 11.1 Å². The Morgan fingerprint density at radius 2 is 1.52 bits per heavy atom. The Morgan fingerprint density at radius 1 is 0.800 bits per heavy atom. The third-order valence-corrected chi connectivity index (χ3v) is 4.02. The van der Waals surface area contributed by atoms with E-state index in [0.717, 1.165) is 28.4 Å². The predicted octanol–water partition coefficient (Wildman–Crippen LogP) is 6.03. The van der Waals surface area contributed by atoms with Crippen molar-refractivity contribution in [1.82, 2.24) is 9.38 Å². The minimum atomic E-state index is 0.737. The minimum Gasteiger partial charge on any atom is -0.283 e. The lowest BCUT2D eigenvalue weighted by atomic mass is 10.1. The molecular formula is C21H18N4. The van der Waals surface area contributed by atoms with Crippen LogP contribution in [0.25, 0.3) is 16.9 Å². The number of aromatic nitrogens is 2. The fraction of sp³-hybridized carbons (Fsp3) is 0.0952. The highest BCUT2D eigenvalue weighted by Crippen LogP contribution is 2.32. The van der Waals surface area contributed by atoms with Crippen LogP contribution < -0.4 is 0 Å². The Hall–Kier alpha value is -3.27. The van der Waals surface area contributed by atoms with Crippen LogP contribution in [0.15, 0.2) is 83.2 Å². The first kappa shape index (κ1) is 15.3. The van der Waals surface area contributed by atoms with Crippen LogP contribution in [0.2, 0.25) is 0 Å². The number of azo groups is 1. The monoisotopic (exact) mass is 326 g/mol. The Kier molecular flexibility index (Phi) is 3.86. The Balaban J connectivity index is 1.86. The summed E-state index contributed by atoms with van der Waals surface area (Å²) < 4.78 is 1.97. The summed E-state index contributed by atoms with van der Waals surface area (Å²) in [6.45, 7) is 4.13. The molecule has 0 aliphatic carbocycles. The van der Waals surface area contributed by atoms with Crippen LogP contribution >= 0.6 is 0 Å². The molecule has 0 fully saturated rings. The first-order valence-electron chi connectivity index (χ1n) is 8.23. The molecule has 0 spiro atoms. The van der Waals surface area contributed by atoms with Crippen LogP contribution in [-0.4, -0.2) is 9.38 Å². The smallest absolute Gasteiger partial charge is 0.187 e. The van der Waals surface area contributed by atoms with Crippen molar-refractivity contribution >= 4 is 17.2 Å². The molecule has 0 bridgehead atoms. The molecule has 4 heteroatoms. The van der Waals surface area contributed by atoms with Crippen LogP contribution in [0.1, 0.15) is 11.1 Å². The molecule has 4 rings (SSSR count). The summed E-state index contributed by atoms with van der Waals surface area (Å²) in [6.07, 6.45) is 1.96. The predicted molar refractivity (Wildman–Crippen MR) is 101 cm³/mol. The lowest BCUT2D eigenvalue weighted by molar-refractivity contribution is 1.10. The Morgan fingerprint density at radius 3 is 2.28 bits per heavy atom. The zero-order chi connectivity index (χ0) is 17.2. The van der Waals surface area contributed by atoms with Crippen molar-refractivity contribution in [2.75, 3.05) is 0 Å². The summed E-state index contributed by atoms with van der Waals surface area (Å²) in [5.74, 6) is 0.737. The van der Waals surface area contributed by atoms with E-state index in [4.69, 9.17) is 4.98 Å². The zero-order valence-corrected chi connectivity index (χ0v) is 14.2. The number of benzene rings is 2. The van der Waals surface area contributed by atoms with Crippen molar-refractivity contribution < 1.29 is 0 Å². The van der Waals surface area contributed by atoms with Gasteiger partial charge in [0, 0.05) is 11.8 Å². The number of imidazole rings is 1. The van der Waals surface area contributed by atoms with Gasteiger partial charge in [-0.2, -0.15) is 0 Å². The van der Waals surface area contributed by atoms with Gasteiger partial charge in [-0.1, -0.05) is 42.5 Å². The molecule has 122 valence electrons. The Labute approximate surface area is 146 Å². The van der Waals surface area contributed by atoms with Gasteiger partial charge in [0.15, 0.2) is 5.82 Å². The van der Waals surface area contributed by atoms with Crippen molar-refractivity contribution in [3.05, 3.63) is 84.1 Å². The molecular weight excluding hydrogens is 308 g/mol. The van der Waals surface area contributed by atoms with Crippen molar-refractivity contribution in [2.24, 2.45) is 10.2 Å². The third-order valence-electron chi connectivity index (χ3n) is 4.02. The number of nitrogens with zero attached hydrogens (tertiary/aromatic N) is 4. The van der Waals surface area contributed by atoms with Gasteiger partial charge in [0.25, 0.3) is 0 Å². The highest BCUT2D eigenvalue weighted by atomic mass is 15.2. The summed E-state index contributed by atoms with van der Waals surface area (Å²) in [5.41, 5.74) is 5.92. The fourth-order valence-corrected chi connectivity index (χ4v) is 2.98. The number of aryl methyl sites for hydroxylation is 2. The highest BCUT2D eigenvalue weighted by molar-refractivity contribution is 5.74. The van der Waals surface area contributed by atoms with Gasteiger partial charge in [-0.3, -0.25) is 4.40 Å². The molecule has 0 saturated carbocycles. The maximum atomic E-state index is 4.74. The van der Waals surface area contributed by atoms with Crippen LogP contribution in [0.3, 0.4) is 0 Å². The molecule has 0 radical (unpaired) electrons. The van der Waals surface area contributed by atoms with Crippen molar-refractivity contribution in [3.8, 4) is 11.3 Å². The zero-order valence-electron chi connectivity index (χ0n) is 14.2. The average Bonchev–Trinajstić information content (AvgIpc) is 2.98. The van der Waals surface area contributed by atoms with Crippen molar-refractivity contribution in [1.29, 1.82) is 0 Å². The summed E-state index contributed by atoms with van der Waals surface area (Å²) >= 11 is 0. The molecule has 2 aromatic carbocycles. The lowest BCUT2D eigenvalue weighted by Crippen LogP contribution is -1.81. The molecule has 4 aromatic rings. The van der Waals surface area contributed by atoms with E-state index in [0.29, 0.717) is 0 Å². The number of pyridine rings is 1. The fourth-order valence-electron chi connectivity index (χ4n) is 2.98. The molecule has 0 unspecified atom stereocenters. The van der Waals surface area contributed by atoms with Gasteiger partial charge in [-0.25, -0.2) is 4.98 Å². The molecule has 0 atom stereocenters.